The zero-order chi connectivity index (χ0) is 14.8. The second kappa shape index (κ2) is 9.75. The Labute approximate surface area is 122 Å². The van der Waals surface area contributed by atoms with Crippen LogP contribution in [0, 0.1) is 0 Å². The van der Waals surface area contributed by atoms with Crippen molar-refractivity contribution in [3.63, 3.8) is 0 Å². The summed E-state index contributed by atoms with van der Waals surface area (Å²) in [6.07, 6.45) is 3.17. The van der Waals surface area contributed by atoms with E-state index >= 15 is 0 Å². The molecule has 4 heteroatoms. The van der Waals surface area contributed by atoms with Crippen molar-refractivity contribution >= 4 is 0 Å². The highest BCUT2D eigenvalue weighted by Gasteiger charge is 2.09. The van der Waals surface area contributed by atoms with E-state index < -0.39 is 6.10 Å². The van der Waals surface area contributed by atoms with Crippen LogP contribution in [0.15, 0.2) is 24.3 Å². The van der Waals surface area contributed by atoms with Crippen LogP contribution in [0.2, 0.25) is 0 Å². The molecule has 0 amide bonds. The molecular weight excluding hydrogens is 252 g/mol. The molecule has 0 aliphatic rings. The number of nitrogens with two attached hydrogens (primary N) is 1. The lowest BCUT2D eigenvalue weighted by atomic mass is 10.2. The summed E-state index contributed by atoms with van der Waals surface area (Å²) in [5.41, 5.74) is 6.62. The normalized spacial score (nSPS) is 12.7. The number of aliphatic hydroxyl groups excluding tert-OH is 1. The molecule has 1 aromatic carbocycles. The van der Waals surface area contributed by atoms with Crippen molar-refractivity contribution in [2.45, 2.75) is 38.8 Å². The lowest BCUT2D eigenvalue weighted by Gasteiger charge is -2.20. The van der Waals surface area contributed by atoms with E-state index in [4.69, 9.17) is 10.5 Å². The van der Waals surface area contributed by atoms with Crippen molar-refractivity contribution in [1.29, 1.82) is 0 Å². The third-order valence-corrected chi connectivity index (χ3v) is 3.24. The molecule has 0 aromatic heterocycles. The Morgan fingerprint density at radius 3 is 2.85 bits per heavy atom. The maximum absolute atomic E-state index is 9.97. The van der Waals surface area contributed by atoms with E-state index in [1.165, 1.54) is 19.3 Å². The van der Waals surface area contributed by atoms with Crippen LogP contribution >= 0.6 is 0 Å². The van der Waals surface area contributed by atoms with Gasteiger partial charge in [0.25, 0.3) is 0 Å². The van der Waals surface area contributed by atoms with E-state index in [-0.39, 0.29) is 0 Å². The molecule has 0 aliphatic carbocycles. The molecule has 1 rings (SSSR count). The summed E-state index contributed by atoms with van der Waals surface area (Å²) in [6.45, 7) is 4.66. The number of ether oxygens (including phenoxy) is 1. The number of aliphatic hydroxyl groups is 1. The molecule has 0 heterocycles. The minimum atomic E-state index is -0.469. The van der Waals surface area contributed by atoms with Crippen molar-refractivity contribution in [2.75, 3.05) is 26.7 Å². The minimum Gasteiger partial charge on any atom is -0.491 e. The van der Waals surface area contributed by atoms with Crippen molar-refractivity contribution in [1.82, 2.24) is 4.90 Å². The predicted molar refractivity (Wildman–Crippen MR) is 82.9 cm³/mol. The van der Waals surface area contributed by atoms with Gasteiger partial charge < -0.3 is 20.5 Å². The molecule has 0 radical (unpaired) electrons. The molecule has 1 atom stereocenters. The van der Waals surface area contributed by atoms with E-state index in [2.05, 4.69) is 11.8 Å². The van der Waals surface area contributed by atoms with Crippen LogP contribution in [-0.2, 0) is 6.54 Å². The highest BCUT2D eigenvalue weighted by molar-refractivity contribution is 5.28. The topological polar surface area (TPSA) is 58.7 Å². The summed E-state index contributed by atoms with van der Waals surface area (Å²) < 4.78 is 5.60. The molecule has 0 fully saturated rings. The quantitative estimate of drug-likeness (QED) is 0.644. The predicted octanol–water partition coefficient (Wildman–Crippen LogP) is 2.01. The molecule has 0 aliphatic heterocycles. The van der Waals surface area contributed by atoms with Crippen LogP contribution in [0.5, 0.6) is 5.75 Å². The van der Waals surface area contributed by atoms with Gasteiger partial charge in [0.15, 0.2) is 0 Å². The number of benzene rings is 1. The highest BCUT2D eigenvalue weighted by Crippen LogP contribution is 2.13. The van der Waals surface area contributed by atoms with Gasteiger partial charge in [-0.25, -0.2) is 0 Å². The van der Waals surface area contributed by atoms with Crippen molar-refractivity contribution < 1.29 is 9.84 Å². The van der Waals surface area contributed by atoms with Crippen LogP contribution in [0.4, 0.5) is 0 Å². The number of nitrogens with zero attached hydrogens (tertiary/aromatic N) is 1. The third-order valence-electron chi connectivity index (χ3n) is 3.24. The van der Waals surface area contributed by atoms with Gasteiger partial charge in [0.05, 0.1) is 0 Å². The van der Waals surface area contributed by atoms with E-state index in [1.807, 2.05) is 31.3 Å². The fourth-order valence-corrected chi connectivity index (χ4v) is 2.09. The molecule has 1 aromatic rings. The summed E-state index contributed by atoms with van der Waals surface area (Å²) in [4.78, 5) is 2.15. The Hall–Kier alpha value is -1.10. The first-order valence-corrected chi connectivity index (χ1v) is 7.44. The first-order chi connectivity index (χ1) is 9.65. The number of rotatable bonds is 10. The minimum absolute atomic E-state index is 0.312. The Kier molecular flexibility index (Phi) is 8.26. The molecule has 114 valence electrons. The lowest BCUT2D eigenvalue weighted by molar-refractivity contribution is 0.0759. The van der Waals surface area contributed by atoms with E-state index in [0.717, 1.165) is 17.9 Å². The van der Waals surface area contributed by atoms with E-state index in [9.17, 15) is 5.11 Å². The van der Waals surface area contributed by atoms with Gasteiger partial charge >= 0.3 is 0 Å². The number of hydrogen-bond donors (Lipinski definition) is 2. The van der Waals surface area contributed by atoms with Gasteiger partial charge in [-0.3, -0.25) is 0 Å². The average molecular weight is 280 g/mol. The molecule has 0 saturated carbocycles. The second-order valence-corrected chi connectivity index (χ2v) is 5.29. The fourth-order valence-electron chi connectivity index (χ4n) is 2.09. The Morgan fingerprint density at radius 1 is 1.35 bits per heavy atom. The maximum atomic E-state index is 9.97. The van der Waals surface area contributed by atoms with Crippen LogP contribution < -0.4 is 10.5 Å². The molecule has 0 bridgehead atoms. The van der Waals surface area contributed by atoms with Crippen molar-refractivity contribution in [3.05, 3.63) is 29.8 Å². The van der Waals surface area contributed by atoms with Crippen LogP contribution in [0.1, 0.15) is 31.7 Å². The summed E-state index contributed by atoms with van der Waals surface area (Å²) in [6, 6.07) is 7.68. The smallest absolute Gasteiger partial charge is 0.119 e. The summed E-state index contributed by atoms with van der Waals surface area (Å²) in [5.74, 6) is 0.764. The molecular formula is C16H28N2O2. The number of likely N-dealkylation sites (N-methyl/N-ethyl adjacent to an activating group) is 1. The molecule has 3 N–H and O–H groups in total. The van der Waals surface area contributed by atoms with Crippen molar-refractivity contribution in [2.24, 2.45) is 5.73 Å². The third kappa shape index (κ3) is 6.89. The van der Waals surface area contributed by atoms with Gasteiger partial charge in [0.2, 0.25) is 0 Å². The average Bonchev–Trinajstić information content (AvgIpc) is 2.45. The van der Waals surface area contributed by atoms with Gasteiger partial charge in [0, 0.05) is 13.1 Å². The maximum Gasteiger partial charge on any atom is 0.119 e. The second-order valence-electron chi connectivity index (χ2n) is 5.29. The molecule has 0 spiro atoms. The molecule has 1 unspecified atom stereocenters. The summed E-state index contributed by atoms with van der Waals surface area (Å²) in [5, 5.41) is 9.97. The number of hydrogen-bond acceptors (Lipinski definition) is 4. The Balaban J connectivity index is 2.26. The summed E-state index contributed by atoms with van der Waals surface area (Å²) in [7, 11) is 2.04. The first kappa shape index (κ1) is 17.0. The zero-order valence-corrected chi connectivity index (χ0v) is 12.7. The van der Waals surface area contributed by atoms with Gasteiger partial charge in [-0.2, -0.15) is 0 Å². The van der Waals surface area contributed by atoms with Gasteiger partial charge in [0.1, 0.15) is 18.5 Å². The monoisotopic (exact) mass is 280 g/mol. The highest BCUT2D eigenvalue weighted by atomic mass is 16.5. The van der Waals surface area contributed by atoms with Gasteiger partial charge in [-0.05, 0) is 37.7 Å². The lowest BCUT2D eigenvalue weighted by Crippen LogP contribution is -2.33. The van der Waals surface area contributed by atoms with Crippen molar-refractivity contribution in [3.8, 4) is 5.75 Å². The van der Waals surface area contributed by atoms with Crippen LogP contribution in [-0.4, -0.2) is 42.9 Å². The first-order valence-electron chi connectivity index (χ1n) is 7.44. The van der Waals surface area contributed by atoms with Crippen LogP contribution in [0.3, 0.4) is 0 Å². The molecule has 20 heavy (non-hydrogen) atoms. The standard InChI is InChI=1S/C16H28N2O2/c1-3-4-5-9-18(2)12-15(19)13-20-16-8-6-7-14(10-16)11-17/h6-8,10,15,19H,3-5,9,11-13,17H2,1-2H3. The summed E-state index contributed by atoms with van der Waals surface area (Å²) >= 11 is 0. The van der Waals surface area contributed by atoms with E-state index in [0.29, 0.717) is 19.7 Å². The fraction of sp³-hybridized carbons (Fsp3) is 0.625. The SMILES string of the molecule is CCCCCN(C)CC(O)COc1cccc(CN)c1. The van der Waals surface area contributed by atoms with Gasteiger partial charge in [-0.15, -0.1) is 0 Å². The number of unbranched alkanes of at least 4 members (excludes halogenated alkanes) is 2. The Morgan fingerprint density at radius 2 is 2.15 bits per heavy atom. The molecule has 4 nitrogen and oxygen atoms in total. The van der Waals surface area contributed by atoms with Gasteiger partial charge in [-0.1, -0.05) is 31.9 Å². The van der Waals surface area contributed by atoms with E-state index in [1.54, 1.807) is 0 Å². The Bertz CT molecular complexity index is 371. The largest absolute Gasteiger partial charge is 0.491 e. The van der Waals surface area contributed by atoms with Crippen LogP contribution in [0.25, 0.3) is 0 Å². The zero-order valence-electron chi connectivity index (χ0n) is 12.7. The molecule has 0 saturated heterocycles.